The number of carboxylic acids is 2. The summed E-state index contributed by atoms with van der Waals surface area (Å²) in [4.78, 5) is 19.2. The number of hydrogen-bond donors (Lipinski definition) is 4. The molecule has 9 heteroatoms. The van der Waals surface area contributed by atoms with Crippen molar-refractivity contribution >= 4 is 60.8 Å². The summed E-state index contributed by atoms with van der Waals surface area (Å²) in [5, 5.41) is 52.0. The Hall–Kier alpha value is 0.351. The summed E-state index contributed by atoms with van der Waals surface area (Å²) in [7, 11) is 0. The Morgan fingerprint density at radius 1 is 0.882 bits per heavy atom. The molecule has 8 nitrogen and oxygen atoms in total. The molecule has 2 atom stereocenters. The summed E-state index contributed by atoms with van der Waals surface area (Å²) >= 11 is 0. The second-order valence-electron chi connectivity index (χ2n) is 2.83. The topological polar surface area (TPSA) is 161 Å². The third-order valence-electron chi connectivity index (χ3n) is 1.23. The summed E-state index contributed by atoms with van der Waals surface area (Å²) in [5.74, 6) is -2.71. The Morgan fingerprint density at radius 3 is 1.18 bits per heavy atom. The summed E-state index contributed by atoms with van der Waals surface area (Å²) in [6, 6.07) is 0. The van der Waals surface area contributed by atoms with Crippen molar-refractivity contribution in [1.82, 2.24) is 0 Å². The first-order chi connectivity index (χ1) is 7.33. The molecule has 0 saturated heterocycles. The number of carbonyl (C=O) groups is 2. The molecule has 4 N–H and O–H groups in total. The number of aliphatic hydroxyl groups is 4. The minimum absolute atomic E-state index is 0. The second-order valence-corrected chi connectivity index (χ2v) is 2.83. The van der Waals surface area contributed by atoms with Gasteiger partial charge in [-0.25, -0.2) is 0 Å². The van der Waals surface area contributed by atoms with Crippen LogP contribution < -0.4 is 10.2 Å². The van der Waals surface area contributed by atoms with Crippen LogP contribution in [0, 0.1) is 0 Å². The Labute approximate surface area is 138 Å². The van der Waals surface area contributed by atoms with Gasteiger partial charge in [0, 0.05) is 24.8 Å². The van der Waals surface area contributed by atoms with Gasteiger partial charge in [-0.3, -0.25) is 0 Å². The van der Waals surface area contributed by atoms with Gasteiger partial charge >= 0.3 is 48.9 Å². The fourth-order valence-electron chi connectivity index (χ4n) is 0.514. The van der Waals surface area contributed by atoms with Crippen LogP contribution in [-0.4, -0.2) is 107 Å². The first-order valence-corrected chi connectivity index (χ1v) is 4.31. The van der Waals surface area contributed by atoms with Gasteiger partial charge in [0.05, 0.1) is 25.4 Å². The van der Waals surface area contributed by atoms with Gasteiger partial charge in [0.25, 0.3) is 0 Å². The number of carboxylic acid groups (broad SMARTS) is 2. The molecule has 0 unspecified atom stereocenters. The molecule has 0 aliphatic carbocycles. The predicted molar refractivity (Wildman–Crippen MR) is 51.2 cm³/mol. The third kappa shape index (κ3) is 22.1. The van der Waals surface area contributed by atoms with Crippen molar-refractivity contribution in [3.05, 3.63) is 0 Å². The average Bonchev–Trinajstić information content (AvgIpc) is 2.16. The number of aliphatic hydroxyl groups excluding tert-OH is 4. The molecule has 0 fully saturated rings. The average molecular weight is 376 g/mol. The molecule has 0 heterocycles. The van der Waals surface area contributed by atoms with Crippen LogP contribution in [0.25, 0.3) is 0 Å². The van der Waals surface area contributed by atoms with Crippen molar-refractivity contribution < 1.29 is 40.2 Å². The van der Waals surface area contributed by atoms with Crippen LogP contribution in [0.15, 0.2) is 0 Å². The quantitative estimate of drug-likeness (QED) is 0.334. The van der Waals surface area contributed by atoms with Crippen LogP contribution in [0.2, 0.25) is 0 Å². The molecule has 0 aromatic heterocycles. The van der Waals surface area contributed by atoms with Gasteiger partial charge in [0.15, 0.2) is 0 Å². The van der Waals surface area contributed by atoms with Gasteiger partial charge in [-0.15, -0.1) is 0 Å². The molecule has 0 rings (SSSR count). The maximum Gasteiger partial charge on any atom is 2.00 e. The Kier molecular flexibility index (Phi) is 19.1. The molecule has 0 bridgehead atoms. The largest absolute Gasteiger partial charge is 2.00 e. The maximum atomic E-state index is 9.59. The van der Waals surface area contributed by atoms with E-state index < -0.39 is 50.2 Å². The molecule has 0 aromatic rings. The van der Waals surface area contributed by atoms with E-state index >= 15 is 0 Å². The maximum absolute atomic E-state index is 9.59. The summed E-state index contributed by atoms with van der Waals surface area (Å²) in [6.45, 7) is -1.07. The van der Waals surface area contributed by atoms with E-state index in [1.165, 1.54) is 0 Å². The molecule has 0 spiro atoms. The van der Waals surface area contributed by atoms with Crippen molar-refractivity contribution in [3.8, 4) is 0 Å². The first kappa shape index (κ1) is 22.5. The van der Waals surface area contributed by atoms with E-state index in [2.05, 4.69) is 0 Å². The van der Waals surface area contributed by atoms with Gasteiger partial charge < -0.3 is 40.2 Å². The van der Waals surface area contributed by atoms with Crippen LogP contribution in [-0.2, 0) is 9.59 Å². The Bertz CT molecular complexity index is 188. The Morgan fingerprint density at radius 2 is 1.12 bits per heavy atom. The molecule has 17 heavy (non-hydrogen) atoms. The summed E-state index contributed by atoms with van der Waals surface area (Å²) in [5.41, 5.74) is 0. The fraction of sp³-hybridized carbons (Fsp3) is 0.750. The van der Waals surface area contributed by atoms with Crippen molar-refractivity contribution in [2.24, 2.45) is 0 Å². The van der Waals surface area contributed by atoms with Crippen LogP contribution >= 0.6 is 0 Å². The van der Waals surface area contributed by atoms with E-state index in [4.69, 9.17) is 20.4 Å². The molecular weight excluding hydrogens is 361 g/mol. The second kappa shape index (κ2) is 14.4. The minimum Gasteiger partial charge on any atom is -0.550 e. The number of aliphatic carboxylic acids is 2. The predicted octanol–water partition coefficient (Wildman–Crippen LogP) is -5.42. The fourth-order valence-corrected chi connectivity index (χ4v) is 0.514. The van der Waals surface area contributed by atoms with Crippen molar-refractivity contribution in [1.29, 1.82) is 0 Å². The molecule has 0 aliphatic rings. The molecule has 0 radical (unpaired) electrons. The van der Waals surface area contributed by atoms with E-state index in [-0.39, 0.29) is 48.9 Å². The SMILES string of the molecule is O=C([O-])C[C@@H](O)CO.O=C([O-])C[C@@H](O)CO.[Ba+2]. The molecule has 0 aliphatic heterocycles. The smallest absolute Gasteiger partial charge is 0.550 e. The molecule has 96 valence electrons. The first-order valence-electron chi connectivity index (χ1n) is 4.31. The summed E-state index contributed by atoms with van der Waals surface area (Å²) < 4.78 is 0. The third-order valence-corrected chi connectivity index (χ3v) is 1.23. The van der Waals surface area contributed by atoms with E-state index in [1.807, 2.05) is 0 Å². The normalized spacial score (nSPS) is 12.5. The Balaban J connectivity index is -0.000000218. The zero-order valence-electron chi connectivity index (χ0n) is 9.11. The van der Waals surface area contributed by atoms with Gasteiger partial charge in [-0.1, -0.05) is 0 Å². The van der Waals surface area contributed by atoms with Gasteiger partial charge in [-0.2, -0.15) is 0 Å². The van der Waals surface area contributed by atoms with Gasteiger partial charge in [0.2, 0.25) is 0 Å². The number of hydrogen-bond acceptors (Lipinski definition) is 8. The zero-order valence-corrected chi connectivity index (χ0v) is 13.6. The molecule has 0 saturated carbocycles. The van der Waals surface area contributed by atoms with E-state index in [1.54, 1.807) is 0 Å². The van der Waals surface area contributed by atoms with Crippen molar-refractivity contribution in [2.75, 3.05) is 13.2 Å². The standard InChI is InChI=1S/2C4H8O4.Ba/c2*5-2-3(6)1-4(7)8;/h2*3,5-6H,1-2H2,(H,7,8);/q;;+2/p-2/t2*3-;/m11./s1. The minimum atomic E-state index is -1.36. The van der Waals surface area contributed by atoms with Crippen LogP contribution in [0.3, 0.4) is 0 Å². The van der Waals surface area contributed by atoms with E-state index in [0.29, 0.717) is 0 Å². The number of carbonyl (C=O) groups excluding carboxylic acids is 2. The van der Waals surface area contributed by atoms with Crippen molar-refractivity contribution in [3.63, 3.8) is 0 Å². The molecule has 0 aromatic carbocycles. The molecule has 0 amide bonds. The van der Waals surface area contributed by atoms with Gasteiger partial charge in [0.1, 0.15) is 0 Å². The van der Waals surface area contributed by atoms with Crippen molar-refractivity contribution in [2.45, 2.75) is 25.0 Å². The monoisotopic (exact) mass is 376 g/mol. The molecular formula is C8H14BaO8. The van der Waals surface area contributed by atoms with Crippen LogP contribution in [0.1, 0.15) is 12.8 Å². The van der Waals surface area contributed by atoms with E-state index in [0.717, 1.165) is 0 Å². The van der Waals surface area contributed by atoms with E-state index in [9.17, 15) is 19.8 Å². The van der Waals surface area contributed by atoms with Crippen LogP contribution in [0.4, 0.5) is 0 Å². The zero-order chi connectivity index (χ0) is 13.1. The van der Waals surface area contributed by atoms with Gasteiger partial charge in [-0.05, 0) is 0 Å². The summed E-state index contributed by atoms with van der Waals surface area (Å²) in [6.07, 6.45) is -3.37. The van der Waals surface area contributed by atoms with Crippen LogP contribution in [0.5, 0.6) is 0 Å². The number of rotatable bonds is 6.